The van der Waals surface area contributed by atoms with Gasteiger partial charge in [-0.25, -0.2) is 0 Å². The molecule has 54 valence electrons. The fraction of sp³-hybridized carbons (Fsp3) is 0.750. The molecule has 0 bridgehead atoms. The third-order valence-electron chi connectivity index (χ3n) is 0.728. The predicted molar refractivity (Wildman–Crippen MR) is 34.0 cm³/mol. The SMILES string of the molecule is O=C(O)[C@H](Cl)[C@@H](Cl)CO. The molecule has 0 spiro atoms. The monoisotopic (exact) mass is 172 g/mol. The van der Waals surface area contributed by atoms with E-state index in [0.29, 0.717) is 0 Å². The maximum Gasteiger partial charge on any atom is 0.323 e. The van der Waals surface area contributed by atoms with Gasteiger partial charge in [-0.1, -0.05) is 0 Å². The summed E-state index contributed by atoms with van der Waals surface area (Å²) >= 11 is 10.4. The number of carboxylic acid groups (broad SMARTS) is 1. The molecular weight excluding hydrogens is 167 g/mol. The van der Waals surface area contributed by atoms with Crippen LogP contribution in [0.2, 0.25) is 0 Å². The fourth-order valence-electron chi connectivity index (χ4n) is 0.247. The largest absolute Gasteiger partial charge is 0.480 e. The van der Waals surface area contributed by atoms with Crippen molar-refractivity contribution in [1.82, 2.24) is 0 Å². The van der Waals surface area contributed by atoms with Crippen molar-refractivity contribution in [2.75, 3.05) is 6.61 Å². The highest BCUT2D eigenvalue weighted by Crippen LogP contribution is 2.08. The number of carboxylic acids is 1. The average Bonchev–Trinajstić information content (AvgIpc) is 1.84. The van der Waals surface area contributed by atoms with E-state index >= 15 is 0 Å². The Hall–Kier alpha value is 0.01000. The lowest BCUT2D eigenvalue weighted by atomic mass is 10.3. The van der Waals surface area contributed by atoms with Crippen LogP contribution in [0, 0.1) is 0 Å². The molecule has 0 saturated carbocycles. The summed E-state index contributed by atoms with van der Waals surface area (Å²) in [5.74, 6) is -1.22. The Kier molecular flexibility index (Phi) is 3.93. The van der Waals surface area contributed by atoms with Gasteiger partial charge in [-0.3, -0.25) is 4.79 Å². The molecule has 0 aliphatic rings. The Morgan fingerprint density at radius 1 is 1.56 bits per heavy atom. The van der Waals surface area contributed by atoms with E-state index in [0.717, 1.165) is 0 Å². The van der Waals surface area contributed by atoms with Crippen LogP contribution in [0.1, 0.15) is 0 Å². The zero-order valence-electron chi connectivity index (χ0n) is 4.42. The van der Waals surface area contributed by atoms with E-state index in [1.165, 1.54) is 0 Å². The molecule has 0 rings (SSSR count). The van der Waals surface area contributed by atoms with Crippen LogP contribution in [0.5, 0.6) is 0 Å². The minimum Gasteiger partial charge on any atom is -0.480 e. The Morgan fingerprint density at radius 3 is 2.11 bits per heavy atom. The second-order valence-corrected chi connectivity index (χ2v) is 2.47. The maximum absolute atomic E-state index is 9.97. The standard InChI is InChI=1S/C4H6Cl2O3/c5-2(1-7)3(6)4(8)9/h2-3,7H,1H2,(H,8,9)/t2-,3+/m0/s1. The first-order valence-electron chi connectivity index (χ1n) is 2.21. The quantitative estimate of drug-likeness (QED) is 0.602. The Bertz CT molecular complexity index is 106. The van der Waals surface area contributed by atoms with E-state index in [4.69, 9.17) is 33.4 Å². The highest BCUT2D eigenvalue weighted by atomic mass is 35.5. The number of alkyl halides is 2. The van der Waals surface area contributed by atoms with Crippen molar-refractivity contribution in [3.63, 3.8) is 0 Å². The van der Waals surface area contributed by atoms with Gasteiger partial charge in [0.15, 0.2) is 0 Å². The van der Waals surface area contributed by atoms with Crippen LogP contribution in [0.4, 0.5) is 0 Å². The number of rotatable bonds is 3. The maximum atomic E-state index is 9.97. The summed E-state index contributed by atoms with van der Waals surface area (Å²) in [6.45, 7) is -0.429. The first-order valence-corrected chi connectivity index (χ1v) is 3.08. The van der Waals surface area contributed by atoms with Crippen molar-refractivity contribution in [1.29, 1.82) is 0 Å². The van der Waals surface area contributed by atoms with E-state index in [1.54, 1.807) is 0 Å². The number of carbonyl (C=O) groups is 1. The normalized spacial score (nSPS) is 16.8. The summed E-state index contributed by atoms with van der Waals surface area (Å²) in [4.78, 5) is 9.97. The average molecular weight is 173 g/mol. The van der Waals surface area contributed by atoms with Gasteiger partial charge < -0.3 is 10.2 Å². The third kappa shape index (κ3) is 2.89. The van der Waals surface area contributed by atoms with E-state index in [9.17, 15) is 4.79 Å². The van der Waals surface area contributed by atoms with E-state index in [2.05, 4.69) is 0 Å². The number of aliphatic hydroxyl groups is 1. The summed E-state index contributed by atoms with van der Waals surface area (Å²) in [7, 11) is 0. The Labute approximate surface area is 62.2 Å². The minimum atomic E-state index is -1.22. The molecule has 0 unspecified atom stereocenters. The van der Waals surface area contributed by atoms with Gasteiger partial charge in [0.1, 0.15) is 5.38 Å². The lowest BCUT2D eigenvalue weighted by Crippen LogP contribution is -2.27. The van der Waals surface area contributed by atoms with Crippen LogP contribution in [0.25, 0.3) is 0 Å². The van der Waals surface area contributed by atoms with Gasteiger partial charge in [0.2, 0.25) is 0 Å². The van der Waals surface area contributed by atoms with Crippen molar-refractivity contribution in [2.45, 2.75) is 10.8 Å². The van der Waals surface area contributed by atoms with Gasteiger partial charge in [0.25, 0.3) is 0 Å². The number of aliphatic hydroxyl groups excluding tert-OH is 1. The summed E-state index contributed by atoms with van der Waals surface area (Å²) in [5, 5.41) is 14.3. The minimum absolute atomic E-state index is 0.429. The Balaban J connectivity index is 3.72. The van der Waals surface area contributed by atoms with Crippen molar-refractivity contribution in [2.24, 2.45) is 0 Å². The highest BCUT2D eigenvalue weighted by molar-refractivity contribution is 6.36. The molecule has 0 heterocycles. The van der Waals surface area contributed by atoms with E-state index in [1.807, 2.05) is 0 Å². The lowest BCUT2D eigenvalue weighted by Gasteiger charge is -2.06. The number of hydrogen-bond acceptors (Lipinski definition) is 2. The number of halogens is 2. The second kappa shape index (κ2) is 3.93. The molecule has 0 aromatic carbocycles. The van der Waals surface area contributed by atoms with Gasteiger partial charge in [0, 0.05) is 0 Å². The molecule has 0 saturated heterocycles. The topological polar surface area (TPSA) is 57.5 Å². The first-order chi connectivity index (χ1) is 4.09. The van der Waals surface area contributed by atoms with Gasteiger partial charge in [-0.15, -0.1) is 23.2 Å². The molecule has 5 heteroatoms. The Morgan fingerprint density at radius 2 is 2.00 bits per heavy atom. The first kappa shape index (κ1) is 9.01. The molecular formula is C4H6Cl2O3. The molecule has 0 radical (unpaired) electrons. The zero-order valence-corrected chi connectivity index (χ0v) is 5.93. The van der Waals surface area contributed by atoms with Crippen LogP contribution < -0.4 is 0 Å². The highest BCUT2D eigenvalue weighted by Gasteiger charge is 2.22. The molecule has 0 amide bonds. The molecule has 0 aromatic rings. The van der Waals surface area contributed by atoms with Crippen molar-refractivity contribution in [3.05, 3.63) is 0 Å². The van der Waals surface area contributed by atoms with Crippen LogP contribution in [0.3, 0.4) is 0 Å². The number of hydrogen-bond donors (Lipinski definition) is 2. The fourth-order valence-corrected chi connectivity index (χ4v) is 0.435. The van der Waals surface area contributed by atoms with Gasteiger partial charge in [0.05, 0.1) is 12.0 Å². The smallest absolute Gasteiger partial charge is 0.323 e. The molecule has 0 aliphatic carbocycles. The molecule has 0 aliphatic heterocycles. The zero-order chi connectivity index (χ0) is 7.44. The lowest BCUT2D eigenvalue weighted by molar-refractivity contribution is -0.136. The van der Waals surface area contributed by atoms with Crippen LogP contribution in [-0.2, 0) is 4.79 Å². The van der Waals surface area contributed by atoms with Crippen molar-refractivity contribution < 1.29 is 15.0 Å². The van der Waals surface area contributed by atoms with Gasteiger partial charge in [-0.05, 0) is 0 Å². The summed E-state index contributed by atoms with van der Waals surface area (Å²) in [6.07, 6.45) is 0. The van der Waals surface area contributed by atoms with Crippen molar-refractivity contribution in [3.8, 4) is 0 Å². The molecule has 9 heavy (non-hydrogen) atoms. The molecule has 2 atom stereocenters. The van der Waals surface area contributed by atoms with Gasteiger partial charge >= 0.3 is 5.97 Å². The summed E-state index contributed by atoms with van der Waals surface area (Å²) in [5.41, 5.74) is 0. The predicted octanol–water partition coefficient (Wildman–Crippen LogP) is 0.278. The van der Waals surface area contributed by atoms with Gasteiger partial charge in [-0.2, -0.15) is 0 Å². The summed E-state index contributed by atoms with van der Waals surface area (Å²) in [6, 6.07) is 0. The number of aliphatic carboxylic acids is 1. The van der Waals surface area contributed by atoms with Crippen LogP contribution in [0.15, 0.2) is 0 Å². The molecule has 0 aromatic heterocycles. The van der Waals surface area contributed by atoms with Crippen LogP contribution >= 0.6 is 23.2 Å². The molecule has 2 N–H and O–H groups in total. The van der Waals surface area contributed by atoms with Crippen LogP contribution in [-0.4, -0.2) is 33.5 Å². The molecule has 3 nitrogen and oxygen atoms in total. The molecule has 0 fully saturated rings. The van der Waals surface area contributed by atoms with E-state index in [-0.39, 0.29) is 0 Å². The van der Waals surface area contributed by atoms with Crippen molar-refractivity contribution >= 4 is 29.2 Å². The van der Waals surface area contributed by atoms with E-state index < -0.39 is 23.3 Å². The third-order valence-corrected chi connectivity index (χ3v) is 1.74. The second-order valence-electron chi connectivity index (χ2n) is 1.44. The summed E-state index contributed by atoms with van der Waals surface area (Å²) < 4.78 is 0.